The first kappa shape index (κ1) is 17.1. The Balaban J connectivity index is 2.96. The molecular formula is C12H18Br2N2O2S. The van der Waals surface area contributed by atoms with Gasteiger partial charge < -0.3 is 5.73 Å². The van der Waals surface area contributed by atoms with Gasteiger partial charge in [0, 0.05) is 21.0 Å². The van der Waals surface area contributed by atoms with Crippen molar-refractivity contribution < 1.29 is 8.42 Å². The van der Waals surface area contributed by atoms with Crippen LogP contribution < -0.4 is 10.5 Å². The van der Waals surface area contributed by atoms with Gasteiger partial charge >= 0.3 is 0 Å². The molecule has 0 aromatic heterocycles. The van der Waals surface area contributed by atoms with Gasteiger partial charge in [0.05, 0.1) is 4.90 Å². The molecule has 1 aromatic carbocycles. The summed E-state index contributed by atoms with van der Waals surface area (Å²) >= 11 is 6.52. The monoisotopic (exact) mass is 412 g/mol. The quantitative estimate of drug-likeness (QED) is 0.752. The Kier molecular flexibility index (Phi) is 6.00. The van der Waals surface area contributed by atoms with Crippen molar-refractivity contribution in [2.75, 3.05) is 6.54 Å². The third-order valence-electron chi connectivity index (χ3n) is 3.21. The second-order valence-corrected chi connectivity index (χ2v) is 7.97. The zero-order valence-corrected chi connectivity index (χ0v) is 14.9. The molecule has 7 heteroatoms. The highest BCUT2D eigenvalue weighted by molar-refractivity contribution is 9.11. The van der Waals surface area contributed by atoms with Gasteiger partial charge in [-0.05, 0) is 47.0 Å². The summed E-state index contributed by atoms with van der Waals surface area (Å²) in [6.07, 6.45) is 1.43. The average Bonchev–Trinajstić information content (AvgIpc) is 2.39. The van der Waals surface area contributed by atoms with Crippen molar-refractivity contribution in [2.45, 2.75) is 37.1 Å². The molecule has 0 bridgehead atoms. The lowest BCUT2D eigenvalue weighted by Crippen LogP contribution is -2.49. The van der Waals surface area contributed by atoms with E-state index in [0.717, 1.165) is 0 Å². The van der Waals surface area contributed by atoms with Crippen LogP contribution in [0.5, 0.6) is 0 Å². The fourth-order valence-corrected chi connectivity index (χ4v) is 4.14. The van der Waals surface area contributed by atoms with Crippen molar-refractivity contribution in [3.05, 3.63) is 27.1 Å². The summed E-state index contributed by atoms with van der Waals surface area (Å²) < 4.78 is 28.4. The zero-order valence-electron chi connectivity index (χ0n) is 10.9. The van der Waals surface area contributed by atoms with Gasteiger partial charge in [0.2, 0.25) is 10.0 Å². The molecule has 3 N–H and O–H groups in total. The molecule has 19 heavy (non-hydrogen) atoms. The second kappa shape index (κ2) is 6.67. The molecule has 1 rings (SSSR count). The predicted molar refractivity (Wildman–Crippen MR) is 84.5 cm³/mol. The Morgan fingerprint density at radius 3 is 2.37 bits per heavy atom. The first-order valence-electron chi connectivity index (χ1n) is 5.97. The minimum Gasteiger partial charge on any atom is -0.324 e. The van der Waals surface area contributed by atoms with Crippen molar-refractivity contribution >= 4 is 41.9 Å². The summed E-state index contributed by atoms with van der Waals surface area (Å²) in [7, 11) is -3.57. The number of sulfonamides is 1. The van der Waals surface area contributed by atoms with E-state index in [0.29, 0.717) is 21.8 Å². The maximum absolute atomic E-state index is 12.3. The molecule has 0 heterocycles. The van der Waals surface area contributed by atoms with Gasteiger partial charge in [0.1, 0.15) is 0 Å². The highest BCUT2D eigenvalue weighted by Gasteiger charge is 2.25. The Bertz CT molecular complexity index is 543. The van der Waals surface area contributed by atoms with Crippen molar-refractivity contribution in [3.63, 3.8) is 0 Å². The molecule has 108 valence electrons. The highest BCUT2D eigenvalue weighted by Crippen LogP contribution is 2.25. The molecule has 1 aromatic rings. The molecule has 0 amide bonds. The normalized spacial score (nSPS) is 12.7. The fraction of sp³-hybridized carbons (Fsp3) is 0.500. The van der Waals surface area contributed by atoms with E-state index in [4.69, 9.17) is 5.73 Å². The molecule has 4 nitrogen and oxygen atoms in total. The number of nitrogens with two attached hydrogens (primary N) is 1. The summed E-state index contributed by atoms with van der Waals surface area (Å²) in [6.45, 7) is 4.13. The summed E-state index contributed by atoms with van der Waals surface area (Å²) in [5, 5.41) is 0. The van der Waals surface area contributed by atoms with Crippen LogP contribution in [0.25, 0.3) is 0 Å². The van der Waals surface area contributed by atoms with Gasteiger partial charge in [-0.25, -0.2) is 13.1 Å². The molecule has 0 aliphatic carbocycles. The van der Waals surface area contributed by atoms with Gasteiger partial charge in [-0.1, -0.05) is 29.8 Å². The van der Waals surface area contributed by atoms with E-state index in [1.54, 1.807) is 18.2 Å². The molecule has 0 unspecified atom stereocenters. The summed E-state index contributed by atoms with van der Waals surface area (Å²) in [5.41, 5.74) is 5.59. The van der Waals surface area contributed by atoms with Crippen LogP contribution in [0.3, 0.4) is 0 Å². The van der Waals surface area contributed by atoms with Crippen LogP contribution in [0, 0.1) is 0 Å². The van der Waals surface area contributed by atoms with Crippen molar-refractivity contribution in [3.8, 4) is 0 Å². The lowest BCUT2D eigenvalue weighted by molar-refractivity contribution is 0.391. The number of hydrogen-bond donors (Lipinski definition) is 2. The maximum Gasteiger partial charge on any atom is 0.241 e. The Morgan fingerprint density at radius 1 is 1.26 bits per heavy atom. The van der Waals surface area contributed by atoms with Gasteiger partial charge in [-0.15, -0.1) is 0 Å². The minimum absolute atomic E-state index is 0.205. The number of hydrogen-bond acceptors (Lipinski definition) is 3. The fourth-order valence-electron chi connectivity index (χ4n) is 1.50. The molecule has 0 fully saturated rings. The molecule has 0 saturated carbocycles. The topological polar surface area (TPSA) is 72.2 Å². The Morgan fingerprint density at radius 2 is 1.84 bits per heavy atom. The number of benzene rings is 1. The first-order chi connectivity index (χ1) is 8.74. The van der Waals surface area contributed by atoms with E-state index in [1.807, 2.05) is 13.8 Å². The molecular weight excluding hydrogens is 396 g/mol. The van der Waals surface area contributed by atoms with E-state index in [2.05, 4.69) is 36.6 Å². The van der Waals surface area contributed by atoms with E-state index in [9.17, 15) is 8.42 Å². The summed E-state index contributed by atoms with van der Waals surface area (Å²) in [4.78, 5) is 0.205. The Hall–Kier alpha value is 0.0500. The number of nitrogens with one attached hydrogen (secondary N) is 1. The largest absolute Gasteiger partial charge is 0.324 e. The molecule has 0 aliphatic heterocycles. The number of rotatable bonds is 6. The maximum atomic E-state index is 12.3. The lowest BCUT2D eigenvalue weighted by Gasteiger charge is -2.26. The first-order valence-corrected chi connectivity index (χ1v) is 9.04. The summed E-state index contributed by atoms with van der Waals surface area (Å²) in [5.74, 6) is 0. The predicted octanol–water partition coefficient (Wildman–Crippen LogP) is 3.01. The zero-order chi connectivity index (χ0) is 14.7. The van der Waals surface area contributed by atoms with Gasteiger partial charge in [-0.3, -0.25) is 0 Å². The van der Waals surface area contributed by atoms with Crippen molar-refractivity contribution in [1.82, 2.24) is 4.72 Å². The van der Waals surface area contributed by atoms with E-state index in [1.165, 1.54) is 0 Å². The molecule has 0 radical (unpaired) electrons. The van der Waals surface area contributed by atoms with Gasteiger partial charge in [0.25, 0.3) is 0 Å². The van der Waals surface area contributed by atoms with Gasteiger partial charge in [-0.2, -0.15) is 0 Å². The van der Waals surface area contributed by atoms with Crippen LogP contribution in [-0.4, -0.2) is 20.5 Å². The van der Waals surface area contributed by atoms with Crippen molar-refractivity contribution in [1.29, 1.82) is 0 Å². The van der Waals surface area contributed by atoms with Crippen LogP contribution in [0.2, 0.25) is 0 Å². The third-order valence-corrected chi connectivity index (χ3v) is 6.09. The van der Waals surface area contributed by atoms with E-state index in [-0.39, 0.29) is 11.4 Å². The van der Waals surface area contributed by atoms with Crippen molar-refractivity contribution in [2.24, 2.45) is 5.73 Å². The van der Waals surface area contributed by atoms with Crippen LogP contribution in [-0.2, 0) is 10.0 Å². The minimum atomic E-state index is -3.57. The smallest absolute Gasteiger partial charge is 0.241 e. The highest BCUT2D eigenvalue weighted by atomic mass is 79.9. The molecule has 0 aliphatic rings. The molecule has 0 spiro atoms. The SMILES string of the molecule is CCC(N)(CC)CNS(=O)(=O)c1cc(Br)ccc1Br. The third kappa shape index (κ3) is 4.53. The lowest BCUT2D eigenvalue weighted by atomic mass is 9.95. The average molecular weight is 414 g/mol. The Labute approximate surface area is 131 Å². The van der Waals surface area contributed by atoms with E-state index >= 15 is 0 Å². The van der Waals surface area contributed by atoms with Crippen LogP contribution in [0.1, 0.15) is 26.7 Å². The van der Waals surface area contributed by atoms with Crippen LogP contribution in [0.15, 0.2) is 32.0 Å². The standard InChI is InChI=1S/C12H18Br2N2O2S/c1-3-12(15,4-2)8-16-19(17,18)11-7-9(13)5-6-10(11)14/h5-7,16H,3-4,8,15H2,1-2H3. The second-order valence-electron chi connectivity index (χ2n) is 4.47. The summed E-state index contributed by atoms with van der Waals surface area (Å²) in [6, 6.07) is 5.02. The van der Waals surface area contributed by atoms with Gasteiger partial charge in [0.15, 0.2) is 0 Å². The van der Waals surface area contributed by atoms with Crippen LogP contribution >= 0.6 is 31.9 Å². The molecule has 0 atom stereocenters. The number of halogens is 2. The van der Waals surface area contributed by atoms with E-state index < -0.39 is 15.6 Å². The van der Waals surface area contributed by atoms with Crippen LogP contribution in [0.4, 0.5) is 0 Å². The molecule has 0 saturated heterocycles.